The second kappa shape index (κ2) is 6.28. The fourth-order valence-electron chi connectivity index (χ4n) is 1.38. The van der Waals surface area contributed by atoms with E-state index in [0.717, 1.165) is 6.42 Å². The largest absolute Gasteiger partial charge is 0.496 e. The van der Waals surface area contributed by atoms with E-state index in [-0.39, 0.29) is 5.78 Å². The van der Waals surface area contributed by atoms with Crippen LogP contribution in [0, 0.1) is 0 Å². The molecule has 16 heavy (non-hydrogen) atoms. The molecule has 0 saturated carbocycles. The van der Waals surface area contributed by atoms with E-state index in [4.69, 9.17) is 4.74 Å². The van der Waals surface area contributed by atoms with Crippen LogP contribution in [-0.2, 0) is 0 Å². The van der Waals surface area contributed by atoms with Crippen molar-refractivity contribution in [3.05, 3.63) is 29.8 Å². The summed E-state index contributed by atoms with van der Waals surface area (Å²) in [4.78, 5) is 11.9. The lowest BCUT2D eigenvalue weighted by molar-refractivity contribution is 0.0984. The maximum atomic E-state index is 11.9. The van der Waals surface area contributed by atoms with E-state index in [1.54, 1.807) is 19.2 Å². The van der Waals surface area contributed by atoms with E-state index in [1.807, 2.05) is 12.1 Å². The molecular weight excluding hydrogens is 202 g/mol. The molecule has 3 heteroatoms. The third-order valence-corrected chi connectivity index (χ3v) is 2.63. The van der Waals surface area contributed by atoms with Crippen molar-refractivity contribution < 1.29 is 9.53 Å². The van der Waals surface area contributed by atoms with Crippen molar-refractivity contribution in [2.45, 2.75) is 26.3 Å². The van der Waals surface area contributed by atoms with Gasteiger partial charge in [0.2, 0.25) is 0 Å². The van der Waals surface area contributed by atoms with Crippen LogP contribution in [-0.4, -0.2) is 25.5 Å². The molecule has 0 spiro atoms. The van der Waals surface area contributed by atoms with Gasteiger partial charge in [-0.05, 0) is 25.5 Å². The first-order valence-corrected chi connectivity index (χ1v) is 5.58. The maximum absolute atomic E-state index is 11.9. The molecule has 1 rings (SSSR count). The molecule has 1 aromatic rings. The third kappa shape index (κ3) is 3.35. The lowest BCUT2D eigenvalue weighted by Crippen LogP contribution is -2.31. The van der Waals surface area contributed by atoms with Gasteiger partial charge in [0.1, 0.15) is 5.75 Å². The summed E-state index contributed by atoms with van der Waals surface area (Å²) in [5.74, 6) is 0.705. The van der Waals surface area contributed by atoms with E-state index in [2.05, 4.69) is 19.2 Å². The highest BCUT2D eigenvalue weighted by Crippen LogP contribution is 2.17. The van der Waals surface area contributed by atoms with Gasteiger partial charge in [0.15, 0.2) is 5.78 Å². The predicted octanol–water partition coefficient (Wildman–Crippen LogP) is 2.27. The first-order chi connectivity index (χ1) is 7.69. The second-order valence-electron chi connectivity index (χ2n) is 3.81. The van der Waals surface area contributed by atoms with Crippen LogP contribution in [0.1, 0.15) is 30.6 Å². The number of hydrogen-bond donors (Lipinski definition) is 1. The number of carbonyl (C=O) groups is 1. The first-order valence-electron chi connectivity index (χ1n) is 5.58. The minimum Gasteiger partial charge on any atom is -0.496 e. The van der Waals surface area contributed by atoms with Crippen LogP contribution in [0.2, 0.25) is 0 Å². The van der Waals surface area contributed by atoms with Gasteiger partial charge in [-0.25, -0.2) is 0 Å². The SMILES string of the molecule is CCC(C)NCC(=O)c1ccccc1OC. The average Bonchev–Trinajstić information content (AvgIpc) is 2.35. The molecular formula is C13H19NO2. The van der Waals surface area contributed by atoms with Gasteiger partial charge in [-0.15, -0.1) is 0 Å². The molecule has 0 bridgehead atoms. The van der Waals surface area contributed by atoms with E-state index in [9.17, 15) is 4.79 Å². The highest BCUT2D eigenvalue weighted by molar-refractivity contribution is 6.00. The third-order valence-electron chi connectivity index (χ3n) is 2.63. The summed E-state index contributed by atoms with van der Waals surface area (Å²) >= 11 is 0. The van der Waals surface area contributed by atoms with Gasteiger partial charge in [0, 0.05) is 6.04 Å². The zero-order valence-electron chi connectivity index (χ0n) is 10.1. The zero-order valence-corrected chi connectivity index (χ0v) is 10.1. The van der Waals surface area contributed by atoms with Crippen LogP contribution < -0.4 is 10.1 Å². The summed E-state index contributed by atoms with van der Waals surface area (Å²) < 4.78 is 5.15. The number of Topliss-reactive ketones (excluding diaryl/α,β-unsaturated/α-hetero) is 1. The monoisotopic (exact) mass is 221 g/mol. The molecule has 0 aliphatic heterocycles. The topological polar surface area (TPSA) is 38.3 Å². The van der Waals surface area contributed by atoms with Crippen LogP contribution in [0.4, 0.5) is 0 Å². The lowest BCUT2D eigenvalue weighted by atomic mass is 10.1. The van der Waals surface area contributed by atoms with Gasteiger partial charge < -0.3 is 10.1 Å². The Bertz CT molecular complexity index is 350. The normalized spacial score (nSPS) is 12.2. The fraction of sp³-hybridized carbons (Fsp3) is 0.462. The summed E-state index contributed by atoms with van der Waals surface area (Å²) in [5.41, 5.74) is 0.640. The van der Waals surface area contributed by atoms with Crippen molar-refractivity contribution in [1.82, 2.24) is 5.32 Å². The van der Waals surface area contributed by atoms with Gasteiger partial charge in [-0.2, -0.15) is 0 Å². The molecule has 0 amide bonds. The Balaban J connectivity index is 2.65. The molecule has 0 heterocycles. The quantitative estimate of drug-likeness (QED) is 0.749. The standard InChI is InChI=1S/C13H19NO2/c1-4-10(2)14-9-12(15)11-7-5-6-8-13(11)16-3/h5-8,10,14H,4,9H2,1-3H3. The lowest BCUT2D eigenvalue weighted by Gasteiger charge is -2.11. The van der Waals surface area contributed by atoms with E-state index >= 15 is 0 Å². The summed E-state index contributed by atoms with van der Waals surface area (Å²) in [6.07, 6.45) is 1.01. The van der Waals surface area contributed by atoms with E-state index in [0.29, 0.717) is 23.9 Å². The van der Waals surface area contributed by atoms with Crippen molar-refractivity contribution in [1.29, 1.82) is 0 Å². The van der Waals surface area contributed by atoms with Crippen LogP contribution in [0.25, 0.3) is 0 Å². The number of benzene rings is 1. The van der Waals surface area contributed by atoms with Gasteiger partial charge in [-0.1, -0.05) is 19.1 Å². The van der Waals surface area contributed by atoms with Crippen molar-refractivity contribution in [3.63, 3.8) is 0 Å². The summed E-state index contributed by atoms with van der Waals surface area (Å²) in [7, 11) is 1.58. The fourth-order valence-corrected chi connectivity index (χ4v) is 1.38. The Morgan fingerprint density at radius 3 is 2.75 bits per heavy atom. The number of ketones is 1. The second-order valence-corrected chi connectivity index (χ2v) is 3.81. The Morgan fingerprint density at radius 2 is 2.12 bits per heavy atom. The minimum atomic E-state index is 0.0674. The maximum Gasteiger partial charge on any atom is 0.180 e. The number of para-hydroxylation sites is 1. The summed E-state index contributed by atoms with van der Waals surface area (Å²) in [6.45, 7) is 4.51. The molecule has 0 fully saturated rings. The van der Waals surface area contributed by atoms with Crippen molar-refractivity contribution in [2.75, 3.05) is 13.7 Å². The van der Waals surface area contributed by atoms with Crippen molar-refractivity contribution in [3.8, 4) is 5.75 Å². The van der Waals surface area contributed by atoms with Crippen molar-refractivity contribution >= 4 is 5.78 Å². The number of ether oxygens (including phenoxy) is 1. The Hall–Kier alpha value is -1.35. The number of hydrogen-bond acceptors (Lipinski definition) is 3. The van der Waals surface area contributed by atoms with Gasteiger partial charge in [-0.3, -0.25) is 4.79 Å². The Labute approximate surface area is 96.8 Å². The Morgan fingerprint density at radius 1 is 1.44 bits per heavy atom. The smallest absolute Gasteiger partial charge is 0.180 e. The first kappa shape index (κ1) is 12.7. The van der Waals surface area contributed by atoms with Crippen molar-refractivity contribution in [2.24, 2.45) is 0 Å². The molecule has 1 unspecified atom stereocenters. The molecule has 88 valence electrons. The molecule has 1 aromatic carbocycles. The highest BCUT2D eigenvalue weighted by Gasteiger charge is 2.11. The predicted molar refractivity (Wildman–Crippen MR) is 65.1 cm³/mol. The molecule has 0 radical (unpaired) electrons. The van der Waals surface area contributed by atoms with E-state index < -0.39 is 0 Å². The van der Waals surface area contributed by atoms with Gasteiger partial charge >= 0.3 is 0 Å². The molecule has 0 aliphatic rings. The molecule has 1 N–H and O–H groups in total. The molecule has 3 nitrogen and oxygen atoms in total. The molecule has 0 aliphatic carbocycles. The molecule has 0 saturated heterocycles. The number of nitrogens with one attached hydrogen (secondary N) is 1. The summed E-state index contributed by atoms with van der Waals surface area (Å²) in [5, 5.41) is 3.18. The molecule has 0 aromatic heterocycles. The summed E-state index contributed by atoms with van der Waals surface area (Å²) in [6, 6.07) is 7.66. The van der Waals surface area contributed by atoms with Gasteiger partial charge in [0.05, 0.1) is 19.2 Å². The Kier molecular flexibility index (Phi) is 4.99. The zero-order chi connectivity index (χ0) is 12.0. The van der Waals surface area contributed by atoms with E-state index in [1.165, 1.54) is 0 Å². The highest BCUT2D eigenvalue weighted by atomic mass is 16.5. The number of methoxy groups -OCH3 is 1. The van der Waals surface area contributed by atoms with Crippen LogP contribution >= 0.6 is 0 Å². The number of rotatable bonds is 6. The molecule has 1 atom stereocenters. The minimum absolute atomic E-state index is 0.0674. The van der Waals surface area contributed by atoms with Gasteiger partial charge in [0.25, 0.3) is 0 Å². The van der Waals surface area contributed by atoms with Crippen LogP contribution in [0.3, 0.4) is 0 Å². The van der Waals surface area contributed by atoms with Crippen LogP contribution in [0.15, 0.2) is 24.3 Å². The van der Waals surface area contributed by atoms with Crippen LogP contribution in [0.5, 0.6) is 5.75 Å². The number of carbonyl (C=O) groups excluding carboxylic acids is 1. The average molecular weight is 221 g/mol.